The molecule has 4 heteroatoms. The summed E-state index contributed by atoms with van der Waals surface area (Å²) < 4.78 is 0.851. The Morgan fingerprint density at radius 1 is 1.44 bits per heavy atom. The number of carbonyl (C=O) groups is 1. The molecule has 86 valence electrons. The first-order chi connectivity index (χ1) is 7.56. The van der Waals surface area contributed by atoms with E-state index in [0.717, 1.165) is 10.9 Å². The number of carboxylic acids is 1. The van der Waals surface area contributed by atoms with Crippen LogP contribution in [-0.4, -0.2) is 16.2 Å². The molecule has 1 aliphatic carbocycles. The summed E-state index contributed by atoms with van der Waals surface area (Å²) in [6, 6.07) is 7.19. The fourth-order valence-electron chi connectivity index (χ4n) is 2.16. The van der Waals surface area contributed by atoms with Gasteiger partial charge in [-0.25, -0.2) is 0 Å². The molecule has 0 amide bonds. The molecule has 1 saturated carbocycles. The number of carboxylic acid groups (broad SMARTS) is 1. The van der Waals surface area contributed by atoms with Crippen molar-refractivity contribution in [1.29, 1.82) is 0 Å². The second-order valence-electron chi connectivity index (χ2n) is 4.27. The molecule has 0 bridgehead atoms. The minimum Gasteiger partial charge on any atom is -0.481 e. The van der Waals surface area contributed by atoms with Gasteiger partial charge in [0.15, 0.2) is 0 Å². The zero-order valence-electron chi connectivity index (χ0n) is 8.69. The van der Waals surface area contributed by atoms with Gasteiger partial charge in [-0.15, -0.1) is 0 Å². The highest BCUT2D eigenvalue weighted by Crippen LogP contribution is 2.50. The average Bonchev–Trinajstić information content (AvgIpc) is 2.15. The van der Waals surface area contributed by atoms with Gasteiger partial charge in [0.25, 0.3) is 0 Å². The standard InChI is InChI=1S/C12H13BrO3/c13-9-4-1-3-8(7-9)10(14)12(11(15)16)5-2-6-12/h1,3-4,7,10,14H,2,5-6H2,(H,15,16). The van der Waals surface area contributed by atoms with Gasteiger partial charge >= 0.3 is 5.97 Å². The van der Waals surface area contributed by atoms with Crippen molar-refractivity contribution in [2.45, 2.75) is 25.4 Å². The highest BCUT2D eigenvalue weighted by molar-refractivity contribution is 9.10. The van der Waals surface area contributed by atoms with Crippen molar-refractivity contribution < 1.29 is 15.0 Å². The summed E-state index contributed by atoms with van der Waals surface area (Å²) in [7, 11) is 0. The zero-order valence-corrected chi connectivity index (χ0v) is 10.3. The van der Waals surface area contributed by atoms with Gasteiger partial charge in [-0.2, -0.15) is 0 Å². The molecule has 1 aliphatic rings. The molecule has 0 spiro atoms. The third-order valence-electron chi connectivity index (χ3n) is 3.36. The number of halogens is 1. The highest BCUT2D eigenvalue weighted by atomic mass is 79.9. The van der Waals surface area contributed by atoms with E-state index >= 15 is 0 Å². The Morgan fingerprint density at radius 3 is 2.56 bits per heavy atom. The third-order valence-corrected chi connectivity index (χ3v) is 3.85. The van der Waals surface area contributed by atoms with Crippen LogP contribution in [0.15, 0.2) is 28.7 Å². The lowest BCUT2D eigenvalue weighted by atomic mass is 9.63. The van der Waals surface area contributed by atoms with E-state index in [1.165, 1.54) is 0 Å². The molecule has 0 aliphatic heterocycles. The van der Waals surface area contributed by atoms with Crippen LogP contribution in [0.2, 0.25) is 0 Å². The summed E-state index contributed by atoms with van der Waals surface area (Å²) in [4.78, 5) is 11.2. The largest absolute Gasteiger partial charge is 0.481 e. The van der Waals surface area contributed by atoms with Crippen molar-refractivity contribution in [2.24, 2.45) is 5.41 Å². The van der Waals surface area contributed by atoms with Crippen LogP contribution in [-0.2, 0) is 4.79 Å². The van der Waals surface area contributed by atoms with E-state index in [0.29, 0.717) is 18.4 Å². The predicted molar refractivity (Wildman–Crippen MR) is 63.0 cm³/mol. The Kier molecular flexibility index (Phi) is 3.04. The van der Waals surface area contributed by atoms with Crippen molar-refractivity contribution in [3.63, 3.8) is 0 Å². The van der Waals surface area contributed by atoms with E-state index in [9.17, 15) is 15.0 Å². The van der Waals surface area contributed by atoms with Gasteiger partial charge in [-0.1, -0.05) is 34.5 Å². The summed E-state index contributed by atoms with van der Waals surface area (Å²) in [6.45, 7) is 0. The molecule has 0 saturated heterocycles. The van der Waals surface area contributed by atoms with Crippen LogP contribution in [0.25, 0.3) is 0 Å². The number of benzene rings is 1. The van der Waals surface area contributed by atoms with Crippen LogP contribution in [0.1, 0.15) is 30.9 Å². The molecule has 1 atom stereocenters. The molecule has 2 N–H and O–H groups in total. The van der Waals surface area contributed by atoms with Crippen LogP contribution >= 0.6 is 15.9 Å². The van der Waals surface area contributed by atoms with Gasteiger partial charge in [0, 0.05) is 4.47 Å². The van der Waals surface area contributed by atoms with E-state index in [1.807, 2.05) is 6.07 Å². The van der Waals surface area contributed by atoms with Crippen molar-refractivity contribution in [3.8, 4) is 0 Å². The molecule has 1 aromatic carbocycles. The van der Waals surface area contributed by atoms with Crippen LogP contribution < -0.4 is 0 Å². The molecular weight excluding hydrogens is 272 g/mol. The Balaban J connectivity index is 2.30. The molecule has 1 aromatic rings. The van der Waals surface area contributed by atoms with Gasteiger partial charge in [0.1, 0.15) is 0 Å². The van der Waals surface area contributed by atoms with E-state index in [2.05, 4.69) is 15.9 Å². The monoisotopic (exact) mass is 284 g/mol. The quantitative estimate of drug-likeness (QED) is 0.897. The summed E-state index contributed by atoms with van der Waals surface area (Å²) in [6.07, 6.45) is 1.06. The molecule has 2 rings (SSSR count). The number of aliphatic hydroxyl groups is 1. The highest BCUT2D eigenvalue weighted by Gasteiger charge is 2.50. The molecule has 16 heavy (non-hydrogen) atoms. The van der Waals surface area contributed by atoms with Crippen molar-refractivity contribution in [2.75, 3.05) is 0 Å². The van der Waals surface area contributed by atoms with Crippen LogP contribution in [0.4, 0.5) is 0 Å². The third kappa shape index (κ3) is 1.76. The maximum absolute atomic E-state index is 11.2. The SMILES string of the molecule is O=C(O)C1(C(O)c2cccc(Br)c2)CCC1. The second-order valence-corrected chi connectivity index (χ2v) is 5.19. The molecule has 3 nitrogen and oxygen atoms in total. The van der Waals surface area contributed by atoms with Crippen LogP contribution in [0.5, 0.6) is 0 Å². The number of rotatable bonds is 3. The predicted octanol–water partition coefficient (Wildman–Crippen LogP) is 2.74. The van der Waals surface area contributed by atoms with E-state index in [-0.39, 0.29) is 0 Å². The molecule has 1 unspecified atom stereocenters. The molecule has 0 aromatic heterocycles. The summed E-state index contributed by atoms with van der Waals surface area (Å²) >= 11 is 3.32. The maximum Gasteiger partial charge on any atom is 0.312 e. The fraction of sp³-hybridized carbons (Fsp3) is 0.417. The topological polar surface area (TPSA) is 57.5 Å². The fourth-order valence-corrected chi connectivity index (χ4v) is 2.57. The number of hydrogen-bond acceptors (Lipinski definition) is 2. The smallest absolute Gasteiger partial charge is 0.312 e. The maximum atomic E-state index is 11.2. The van der Waals surface area contributed by atoms with E-state index in [4.69, 9.17) is 0 Å². The Bertz CT molecular complexity index is 412. The summed E-state index contributed by atoms with van der Waals surface area (Å²) in [5.41, 5.74) is -0.308. The van der Waals surface area contributed by atoms with Crippen LogP contribution in [0, 0.1) is 5.41 Å². The van der Waals surface area contributed by atoms with Crippen molar-refractivity contribution in [1.82, 2.24) is 0 Å². The van der Waals surface area contributed by atoms with Crippen LogP contribution in [0.3, 0.4) is 0 Å². The van der Waals surface area contributed by atoms with Gasteiger partial charge < -0.3 is 10.2 Å². The first kappa shape index (κ1) is 11.6. The first-order valence-corrected chi connectivity index (χ1v) is 6.02. The Morgan fingerprint density at radius 2 is 2.12 bits per heavy atom. The number of aliphatic hydroxyl groups excluding tert-OH is 1. The average molecular weight is 285 g/mol. The van der Waals surface area contributed by atoms with Gasteiger partial charge in [-0.3, -0.25) is 4.79 Å². The summed E-state index contributed by atoms with van der Waals surface area (Å²) in [5.74, 6) is -0.897. The zero-order chi connectivity index (χ0) is 11.8. The molecule has 0 radical (unpaired) electrons. The normalized spacial score (nSPS) is 19.9. The van der Waals surface area contributed by atoms with Gasteiger partial charge in [0.2, 0.25) is 0 Å². The number of aliphatic carboxylic acids is 1. The second kappa shape index (κ2) is 4.18. The Labute approximate surface area is 102 Å². The first-order valence-electron chi connectivity index (χ1n) is 5.23. The lowest BCUT2D eigenvalue weighted by Crippen LogP contribution is -2.43. The van der Waals surface area contributed by atoms with E-state index in [1.54, 1.807) is 18.2 Å². The minimum absolute atomic E-state index is 0.552. The number of hydrogen-bond donors (Lipinski definition) is 2. The Hall–Kier alpha value is -0.870. The lowest BCUT2D eigenvalue weighted by molar-refractivity contribution is -0.166. The molecular formula is C12H13BrO3. The van der Waals surface area contributed by atoms with E-state index < -0.39 is 17.5 Å². The molecule has 1 fully saturated rings. The lowest BCUT2D eigenvalue weighted by Gasteiger charge is -2.41. The van der Waals surface area contributed by atoms with Crippen molar-refractivity contribution in [3.05, 3.63) is 34.3 Å². The summed E-state index contributed by atoms with van der Waals surface area (Å²) in [5, 5.41) is 19.4. The van der Waals surface area contributed by atoms with Gasteiger partial charge in [-0.05, 0) is 30.5 Å². The van der Waals surface area contributed by atoms with Gasteiger partial charge in [0.05, 0.1) is 11.5 Å². The molecule has 0 heterocycles. The minimum atomic E-state index is -0.971. The van der Waals surface area contributed by atoms with Crippen molar-refractivity contribution >= 4 is 21.9 Å².